The van der Waals surface area contributed by atoms with Gasteiger partial charge in [0.1, 0.15) is 5.75 Å². The summed E-state index contributed by atoms with van der Waals surface area (Å²) < 4.78 is 5.52. The van der Waals surface area contributed by atoms with Crippen molar-refractivity contribution in [2.45, 2.75) is 6.42 Å². The predicted molar refractivity (Wildman–Crippen MR) is 67.6 cm³/mol. The van der Waals surface area contributed by atoms with Crippen LogP contribution in [0, 0.1) is 11.3 Å². The number of hydrogen-bond acceptors (Lipinski definition) is 4. The lowest BCUT2D eigenvalue weighted by Gasteiger charge is -2.05. The van der Waals surface area contributed by atoms with E-state index in [9.17, 15) is 0 Å². The second-order valence-electron chi connectivity index (χ2n) is 3.24. The first-order valence-electron chi connectivity index (χ1n) is 5.27. The molecule has 86 valence electrons. The molecule has 0 aliphatic heterocycles. The van der Waals surface area contributed by atoms with Gasteiger partial charge in [-0.25, -0.2) is 0 Å². The van der Waals surface area contributed by atoms with E-state index in [-0.39, 0.29) is 0 Å². The molecule has 0 radical (unpaired) electrons. The zero-order valence-electron chi connectivity index (χ0n) is 9.19. The number of rotatable bonds is 7. The van der Waals surface area contributed by atoms with Gasteiger partial charge in [0.25, 0.3) is 0 Å². The normalized spacial score (nSPS) is 9.75. The molecule has 1 aromatic carbocycles. The average Bonchev–Trinajstić information content (AvgIpc) is 2.34. The third-order valence-electron chi connectivity index (χ3n) is 1.97. The quantitative estimate of drug-likeness (QED) is 0.736. The lowest BCUT2D eigenvalue weighted by molar-refractivity contribution is 0.344. The van der Waals surface area contributed by atoms with Gasteiger partial charge in [0, 0.05) is 5.75 Å². The Labute approximate surface area is 101 Å². The van der Waals surface area contributed by atoms with Gasteiger partial charge in [-0.1, -0.05) is 0 Å². The molecule has 0 spiro atoms. The van der Waals surface area contributed by atoms with Crippen LogP contribution < -0.4 is 10.5 Å². The summed E-state index contributed by atoms with van der Waals surface area (Å²) in [4.78, 5) is 0. The Hall–Kier alpha value is -1.18. The zero-order valence-corrected chi connectivity index (χ0v) is 10.0. The molecule has 4 heteroatoms. The van der Waals surface area contributed by atoms with Gasteiger partial charge in [0.15, 0.2) is 0 Å². The maximum atomic E-state index is 8.62. The van der Waals surface area contributed by atoms with Crippen molar-refractivity contribution < 1.29 is 4.74 Å². The minimum absolute atomic E-state index is 0.657. The SMILES string of the molecule is N#Cc1ccc(OCCSCCCN)cc1. The number of thioether (sulfide) groups is 1. The first-order chi connectivity index (χ1) is 7.86. The van der Waals surface area contributed by atoms with E-state index in [1.54, 1.807) is 12.1 Å². The molecular formula is C12H16N2OS. The maximum Gasteiger partial charge on any atom is 0.119 e. The molecule has 0 aromatic heterocycles. The third kappa shape index (κ3) is 5.06. The van der Waals surface area contributed by atoms with Crippen LogP contribution >= 0.6 is 11.8 Å². The molecule has 3 nitrogen and oxygen atoms in total. The number of nitriles is 1. The summed E-state index contributed by atoms with van der Waals surface area (Å²) in [7, 11) is 0. The molecule has 0 aliphatic rings. The fourth-order valence-corrected chi connectivity index (χ4v) is 1.91. The van der Waals surface area contributed by atoms with Gasteiger partial charge in [-0.2, -0.15) is 17.0 Å². The molecule has 1 rings (SSSR count). The summed E-state index contributed by atoms with van der Waals surface area (Å²) >= 11 is 1.85. The lowest BCUT2D eigenvalue weighted by Crippen LogP contribution is -2.03. The highest BCUT2D eigenvalue weighted by molar-refractivity contribution is 7.99. The van der Waals surface area contributed by atoms with Crippen molar-refractivity contribution in [2.24, 2.45) is 5.73 Å². The molecule has 0 saturated heterocycles. The van der Waals surface area contributed by atoms with Crippen molar-refractivity contribution >= 4 is 11.8 Å². The molecule has 0 bridgehead atoms. The Morgan fingerprint density at radius 1 is 1.25 bits per heavy atom. The summed E-state index contributed by atoms with van der Waals surface area (Å²) in [6.45, 7) is 1.45. The second-order valence-corrected chi connectivity index (χ2v) is 4.46. The zero-order chi connectivity index (χ0) is 11.6. The molecule has 2 N–H and O–H groups in total. The summed E-state index contributed by atoms with van der Waals surface area (Å²) in [6.07, 6.45) is 1.06. The molecule has 16 heavy (non-hydrogen) atoms. The summed E-state index contributed by atoms with van der Waals surface area (Å²) in [6, 6.07) is 9.24. The smallest absolute Gasteiger partial charge is 0.119 e. The van der Waals surface area contributed by atoms with Crippen LogP contribution in [0.2, 0.25) is 0 Å². The first-order valence-corrected chi connectivity index (χ1v) is 6.43. The monoisotopic (exact) mass is 236 g/mol. The van der Waals surface area contributed by atoms with E-state index in [0.29, 0.717) is 12.2 Å². The van der Waals surface area contributed by atoms with E-state index in [4.69, 9.17) is 15.7 Å². The Bertz CT molecular complexity index is 332. The largest absolute Gasteiger partial charge is 0.493 e. The van der Waals surface area contributed by atoms with Crippen LogP contribution in [0.4, 0.5) is 0 Å². The molecule has 0 fully saturated rings. The highest BCUT2D eigenvalue weighted by atomic mass is 32.2. The molecule has 0 unspecified atom stereocenters. The molecule has 0 aliphatic carbocycles. The van der Waals surface area contributed by atoms with Crippen LogP contribution in [0.15, 0.2) is 24.3 Å². The van der Waals surface area contributed by atoms with Crippen LogP contribution in [0.25, 0.3) is 0 Å². The lowest BCUT2D eigenvalue weighted by atomic mass is 10.2. The van der Waals surface area contributed by atoms with Gasteiger partial charge in [-0.15, -0.1) is 0 Å². The van der Waals surface area contributed by atoms with Crippen LogP contribution in [0.5, 0.6) is 5.75 Å². The Kier molecular flexibility index (Phi) is 6.47. The molecule has 0 heterocycles. The van der Waals surface area contributed by atoms with Crippen molar-refractivity contribution in [2.75, 3.05) is 24.7 Å². The molecular weight excluding hydrogens is 220 g/mol. The van der Waals surface area contributed by atoms with E-state index in [1.807, 2.05) is 23.9 Å². The maximum absolute atomic E-state index is 8.62. The van der Waals surface area contributed by atoms with Crippen molar-refractivity contribution in [1.82, 2.24) is 0 Å². The molecule has 0 amide bonds. The number of benzene rings is 1. The second kappa shape index (κ2) is 8.03. The fourth-order valence-electron chi connectivity index (χ4n) is 1.13. The average molecular weight is 236 g/mol. The number of hydrogen-bond donors (Lipinski definition) is 1. The molecule has 0 atom stereocenters. The molecule has 1 aromatic rings. The van der Waals surface area contributed by atoms with E-state index in [1.165, 1.54) is 0 Å². The summed E-state index contributed by atoms with van der Waals surface area (Å²) in [5.74, 6) is 2.88. The highest BCUT2D eigenvalue weighted by Gasteiger charge is 1.94. The summed E-state index contributed by atoms with van der Waals surface area (Å²) in [5, 5.41) is 8.62. The van der Waals surface area contributed by atoms with Gasteiger partial charge in [-0.3, -0.25) is 0 Å². The van der Waals surface area contributed by atoms with Crippen LogP contribution in [-0.4, -0.2) is 24.7 Å². The van der Waals surface area contributed by atoms with Gasteiger partial charge in [0.2, 0.25) is 0 Å². The van der Waals surface area contributed by atoms with Gasteiger partial charge >= 0.3 is 0 Å². The highest BCUT2D eigenvalue weighted by Crippen LogP contribution is 2.12. The number of nitrogens with zero attached hydrogens (tertiary/aromatic N) is 1. The van der Waals surface area contributed by atoms with E-state index < -0.39 is 0 Å². The number of ether oxygens (including phenoxy) is 1. The topological polar surface area (TPSA) is 59.0 Å². The first kappa shape index (κ1) is 12.9. The summed E-state index contributed by atoms with van der Waals surface area (Å²) in [5.41, 5.74) is 6.05. The van der Waals surface area contributed by atoms with Crippen LogP contribution in [0.1, 0.15) is 12.0 Å². The van der Waals surface area contributed by atoms with Gasteiger partial charge < -0.3 is 10.5 Å². The van der Waals surface area contributed by atoms with Gasteiger partial charge in [-0.05, 0) is 43.0 Å². The number of nitrogens with two attached hydrogens (primary N) is 1. The Morgan fingerprint density at radius 2 is 2.00 bits per heavy atom. The molecule has 0 saturated carbocycles. The van der Waals surface area contributed by atoms with Crippen molar-refractivity contribution in [3.05, 3.63) is 29.8 Å². The fraction of sp³-hybridized carbons (Fsp3) is 0.417. The van der Waals surface area contributed by atoms with Crippen molar-refractivity contribution in [1.29, 1.82) is 5.26 Å². The van der Waals surface area contributed by atoms with E-state index in [2.05, 4.69) is 6.07 Å². The van der Waals surface area contributed by atoms with Crippen LogP contribution in [0.3, 0.4) is 0 Å². The van der Waals surface area contributed by atoms with E-state index >= 15 is 0 Å². The Morgan fingerprint density at radius 3 is 2.62 bits per heavy atom. The third-order valence-corrected chi connectivity index (χ3v) is 3.01. The van der Waals surface area contributed by atoms with Gasteiger partial charge in [0.05, 0.1) is 18.2 Å². The van der Waals surface area contributed by atoms with Crippen LogP contribution in [-0.2, 0) is 0 Å². The Balaban J connectivity index is 2.15. The minimum Gasteiger partial charge on any atom is -0.493 e. The van der Waals surface area contributed by atoms with Crippen molar-refractivity contribution in [3.8, 4) is 11.8 Å². The van der Waals surface area contributed by atoms with E-state index in [0.717, 1.165) is 30.2 Å². The standard InChI is InChI=1S/C12H16N2OS/c13-6-1-8-16-9-7-15-12-4-2-11(10-14)3-5-12/h2-5H,1,6-9,13H2. The van der Waals surface area contributed by atoms with Crippen molar-refractivity contribution in [3.63, 3.8) is 0 Å². The predicted octanol–water partition coefficient (Wildman–Crippen LogP) is 2.02. The minimum atomic E-state index is 0.657.